The molecule has 1 aromatic carbocycles. The first-order valence-corrected chi connectivity index (χ1v) is 6.46. The van der Waals surface area contributed by atoms with Crippen molar-refractivity contribution in [2.75, 3.05) is 12.4 Å². The lowest BCUT2D eigenvalue weighted by atomic mass is 10.2. The number of ether oxygens (including phenoxy) is 1. The van der Waals surface area contributed by atoms with Gasteiger partial charge in [-0.2, -0.15) is 0 Å². The van der Waals surface area contributed by atoms with E-state index in [-0.39, 0.29) is 19.3 Å². The number of methoxy groups -OCH3 is 1. The summed E-state index contributed by atoms with van der Waals surface area (Å²) in [6, 6.07) is 3.90. The lowest BCUT2D eigenvalue weighted by molar-refractivity contribution is -0.137. The molecule has 7 nitrogen and oxygen atoms in total. The van der Waals surface area contributed by atoms with Gasteiger partial charge in [0.25, 0.3) is 0 Å². The molecule has 0 spiro atoms. The minimum absolute atomic E-state index is 0.0380. The number of urea groups is 1. The molecule has 0 unspecified atom stereocenters. The predicted octanol–water partition coefficient (Wildman–Crippen LogP) is 2.25. The summed E-state index contributed by atoms with van der Waals surface area (Å²) in [4.78, 5) is 33.3. The van der Waals surface area contributed by atoms with Crippen molar-refractivity contribution >= 4 is 35.2 Å². The van der Waals surface area contributed by atoms with E-state index in [4.69, 9.17) is 21.4 Å². The van der Waals surface area contributed by atoms with E-state index in [1.165, 1.54) is 13.2 Å². The summed E-state index contributed by atoms with van der Waals surface area (Å²) >= 11 is 5.84. The highest BCUT2D eigenvalue weighted by Gasteiger charge is 2.10. The second kappa shape index (κ2) is 8.11. The van der Waals surface area contributed by atoms with Crippen molar-refractivity contribution in [3.63, 3.8) is 0 Å². The van der Waals surface area contributed by atoms with E-state index in [0.717, 1.165) is 0 Å². The number of carboxylic acids is 1. The fraction of sp³-hybridized carbons (Fsp3) is 0.308. The number of carboxylic acid groups (broad SMARTS) is 1. The van der Waals surface area contributed by atoms with Crippen LogP contribution in [0.5, 0.6) is 5.75 Å². The zero-order chi connectivity index (χ0) is 15.8. The van der Waals surface area contributed by atoms with Crippen LogP contribution in [0.1, 0.15) is 19.3 Å². The fourth-order valence-corrected chi connectivity index (χ4v) is 1.68. The van der Waals surface area contributed by atoms with Gasteiger partial charge in [-0.25, -0.2) is 4.79 Å². The standard InChI is InChI=1S/C13H15ClN2O5/c1-21-10-7-8(5-6-9(10)14)15-13(20)16-11(17)3-2-4-12(18)19/h5-7H,2-4H2,1H3,(H,18,19)(H2,15,16,17,20). The summed E-state index contributed by atoms with van der Waals surface area (Å²) in [5, 5.41) is 13.4. The average Bonchev–Trinajstić information content (AvgIpc) is 2.40. The maximum absolute atomic E-state index is 11.6. The molecule has 0 aromatic heterocycles. The van der Waals surface area contributed by atoms with Gasteiger partial charge in [0.1, 0.15) is 5.75 Å². The van der Waals surface area contributed by atoms with Crippen molar-refractivity contribution in [3.8, 4) is 5.75 Å². The van der Waals surface area contributed by atoms with Gasteiger partial charge in [0.05, 0.1) is 12.1 Å². The van der Waals surface area contributed by atoms with E-state index in [9.17, 15) is 14.4 Å². The highest BCUT2D eigenvalue weighted by molar-refractivity contribution is 6.32. The Labute approximate surface area is 126 Å². The molecule has 0 saturated heterocycles. The van der Waals surface area contributed by atoms with Crippen LogP contribution in [0, 0.1) is 0 Å². The number of halogens is 1. The summed E-state index contributed by atoms with van der Waals surface area (Å²) in [6.45, 7) is 0. The van der Waals surface area contributed by atoms with Crippen molar-refractivity contribution in [2.24, 2.45) is 0 Å². The van der Waals surface area contributed by atoms with Crippen molar-refractivity contribution in [2.45, 2.75) is 19.3 Å². The molecule has 0 atom stereocenters. The van der Waals surface area contributed by atoms with Crippen LogP contribution in [0.3, 0.4) is 0 Å². The molecule has 0 heterocycles. The van der Waals surface area contributed by atoms with Gasteiger partial charge in [-0.3, -0.25) is 14.9 Å². The minimum atomic E-state index is -0.986. The number of amides is 3. The molecule has 1 aromatic rings. The molecule has 0 radical (unpaired) electrons. The largest absolute Gasteiger partial charge is 0.495 e. The Morgan fingerprint density at radius 1 is 1.29 bits per heavy atom. The van der Waals surface area contributed by atoms with Gasteiger partial charge in [0.15, 0.2) is 0 Å². The van der Waals surface area contributed by atoms with Crippen molar-refractivity contribution in [1.82, 2.24) is 5.32 Å². The highest BCUT2D eigenvalue weighted by atomic mass is 35.5. The predicted molar refractivity (Wildman–Crippen MR) is 76.7 cm³/mol. The second-order valence-corrected chi connectivity index (χ2v) is 4.51. The third-order valence-electron chi connectivity index (χ3n) is 2.46. The Kier molecular flexibility index (Phi) is 6.48. The fourth-order valence-electron chi connectivity index (χ4n) is 1.49. The zero-order valence-corrected chi connectivity index (χ0v) is 12.1. The molecular formula is C13H15ClN2O5. The van der Waals surface area contributed by atoms with Crippen LogP contribution >= 0.6 is 11.6 Å². The smallest absolute Gasteiger partial charge is 0.325 e. The lowest BCUT2D eigenvalue weighted by Crippen LogP contribution is -2.34. The summed E-state index contributed by atoms with van der Waals surface area (Å²) < 4.78 is 5.00. The van der Waals surface area contributed by atoms with E-state index >= 15 is 0 Å². The van der Waals surface area contributed by atoms with Crippen molar-refractivity contribution in [1.29, 1.82) is 0 Å². The molecule has 8 heteroatoms. The van der Waals surface area contributed by atoms with Crippen LogP contribution in [0.25, 0.3) is 0 Å². The number of anilines is 1. The van der Waals surface area contributed by atoms with Gasteiger partial charge >= 0.3 is 12.0 Å². The first-order chi connectivity index (χ1) is 9.92. The molecule has 1 rings (SSSR count). The van der Waals surface area contributed by atoms with Gasteiger partial charge < -0.3 is 15.2 Å². The first kappa shape index (κ1) is 16.8. The summed E-state index contributed by atoms with van der Waals surface area (Å²) in [5.74, 6) is -1.14. The Balaban J connectivity index is 2.46. The number of benzene rings is 1. The molecule has 0 saturated carbocycles. The molecule has 0 aliphatic rings. The number of aliphatic carboxylic acids is 1. The average molecular weight is 315 g/mol. The number of nitrogens with one attached hydrogen (secondary N) is 2. The quantitative estimate of drug-likeness (QED) is 0.747. The maximum Gasteiger partial charge on any atom is 0.325 e. The van der Waals surface area contributed by atoms with E-state index in [1.807, 2.05) is 0 Å². The molecule has 0 bridgehead atoms. The number of rotatable bonds is 6. The third-order valence-corrected chi connectivity index (χ3v) is 2.77. The summed E-state index contributed by atoms with van der Waals surface area (Å²) in [7, 11) is 1.44. The molecule has 0 aliphatic carbocycles. The van der Waals surface area contributed by atoms with Gasteiger partial charge in [-0.1, -0.05) is 11.6 Å². The van der Waals surface area contributed by atoms with Gasteiger partial charge in [-0.15, -0.1) is 0 Å². The Morgan fingerprint density at radius 2 is 2.00 bits per heavy atom. The number of carbonyl (C=O) groups is 3. The van der Waals surface area contributed by atoms with Gasteiger partial charge in [0.2, 0.25) is 5.91 Å². The second-order valence-electron chi connectivity index (χ2n) is 4.10. The zero-order valence-electron chi connectivity index (χ0n) is 11.3. The molecule has 0 fully saturated rings. The minimum Gasteiger partial charge on any atom is -0.495 e. The molecule has 3 amide bonds. The van der Waals surface area contributed by atoms with Crippen molar-refractivity contribution in [3.05, 3.63) is 23.2 Å². The van der Waals surface area contributed by atoms with Crippen LogP contribution in [-0.4, -0.2) is 30.1 Å². The molecule has 21 heavy (non-hydrogen) atoms. The highest BCUT2D eigenvalue weighted by Crippen LogP contribution is 2.27. The van der Waals surface area contributed by atoms with Crippen LogP contribution < -0.4 is 15.4 Å². The van der Waals surface area contributed by atoms with E-state index < -0.39 is 17.9 Å². The summed E-state index contributed by atoms with van der Waals surface area (Å²) in [5.41, 5.74) is 0.409. The topological polar surface area (TPSA) is 105 Å². The summed E-state index contributed by atoms with van der Waals surface area (Å²) in [6.07, 6.45) is 0.0102. The number of carbonyl (C=O) groups excluding carboxylic acids is 2. The number of hydrogen-bond donors (Lipinski definition) is 3. The third kappa shape index (κ3) is 6.13. The van der Waals surface area contributed by atoms with E-state index in [1.54, 1.807) is 12.1 Å². The molecular weight excluding hydrogens is 300 g/mol. The van der Waals surface area contributed by atoms with Crippen LogP contribution in [0.15, 0.2) is 18.2 Å². The number of imide groups is 1. The van der Waals surface area contributed by atoms with Crippen LogP contribution in [0.2, 0.25) is 5.02 Å². The number of hydrogen-bond acceptors (Lipinski definition) is 4. The van der Waals surface area contributed by atoms with Gasteiger partial charge in [0, 0.05) is 24.6 Å². The van der Waals surface area contributed by atoms with E-state index in [2.05, 4.69) is 10.6 Å². The van der Waals surface area contributed by atoms with Crippen LogP contribution in [-0.2, 0) is 9.59 Å². The molecule has 0 aliphatic heterocycles. The SMILES string of the molecule is COc1cc(NC(=O)NC(=O)CCCC(=O)O)ccc1Cl. The Hall–Kier alpha value is -2.28. The molecule has 3 N–H and O–H groups in total. The Bertz CT molecular complexity index is 547. The maximum atomic E-state index is 11.6. The monoisotopic (exact) mass is 314 g/mol. The first-order valence-electron chi connectivity index (χ1n) is 6.08. The van der Waals surface area contributed by atoms with Gasteiger partial charge in [-0.05, 0) is 18.6 Å². The van der Waals surface area contributed by atoms with E-state index in [0.29, 0.717) is 16.5 Å². The van der Waals surface area contributed by atoms with Crippen molar-refractivity contribution < 1.29 is 24.2 Å². The van der Waals surface area contributed by atoms with Crippen LogP contribution in [0.4, 0.5) is 10.5 Å². The lowest BCUT2D eigenvalue weighted by Gasteiger charge is -2.09. The Morgan fingerprint density at radius 3 is 2.62 bits per heavy atom. The molecule has 114 valence electrons. The normalized spacial score (nSPS) is 9.81.